The number of rotatable bonds is 9. The Bertz CT molecular complexity index is 1260. The smallest absolute Gasteiger partial charge is 0.175 e. The minimum Gasteiger partial charge on any atom is -0.490 e. The minimum atomic E-state index is -0.292. The summed E-state index contributed by atoms with van der Waals surface area (Å²) in [7, 11) is 0. The molecule has 4 aromatic rings. The molecule has 0 spiro atoms. The second kappa shape index (κ2) is 11.7. The molecule has 0 aliphatic rings. The van der Waals surface area contributed by atoms with Crippen LogP contribution in [0.15, 0.2) is 96.0 Å². The maximum Gasteiger partial charge on any atom is 0.175 e. The Labute approximate surface area is 212 Å². The lowest BCUT2D eigenvalue weighted by Gasteiger charge is -2.15. The summed E-state index contributed by atoms with van der Waals surface area (Å²) in [5.74, 6) is 2.42. The van der Waals surface area contributed by atoms with E-state index in [1.54, 1.807) is 24.4 Å². The van der Waals surface area contributed by atoms with Crippen molar-refractivity contribution >= 4 is 34.5 Å². The minimum absolute atomic E-state index is 0.119. The molecule has 0 amide bonds. The zero-order valence-corrected chi connectivity index (χ0v) is 20.7. The average molecular weight is 567 g/mol. The molecule has 172 valence electrons. The standard InChI is InChI=1S/C28H23FINO3/c1-2-32-27-17-20(16-26(30)28(27)33-19-21-8-6-7-11-25(21)29)18-31-22-12-14-24(15-13-22)34-23-9-4-3-5-10-23/h3-18H,2,19H2,1H3. The Morgan fingerprint density at radius 3 is 2.29 bits per heavy atom. The number of para-hydroxylation sites is 1. The molecular formula is C28H23FINO3. The zero-order valence-electron chi connectivity index (χ0n) is 18.6. The second-order valence-corrected chi connectivity index (χ2v) is 8.47. The van der Waals surface area contributed by atoms with Gasteiger partial charge in [-0.15, -0.1) is 0 Å². The van der Waals surface area contributed by atoms with Gasteiger partial charge in [0.1, 0.15) is 23.9 Å². The Morgan fingerprint density at radius 2 is 1.56 bits per heavy atom. The molecule has 0 unspecified atom stereocenters. The van der Waals surface area contributed by atoms with Gasteiger partial charge in [-0.05, 0) is 89.7 Å². The van der Waals surface area contributed by atoms with Gasteiger partial charge < -0.3 is 14.2 Å². The molecule has 4 nitrogen and oxygen atoms in total. The molecule has 34 heavy (non-hydrogen) atoms. The topological polar surface area (TPSA) is 40.0 Å². The molecule has 0 aliphatic carbocycles. The van der Waals surface area contributed by atoms with E-state index in [1.165, 1.54) is 6.07 Å². The molecule has 0 aromatic heterocycles. The number of nitrogens with zero attached hydrogens (tertiary/aromatic N) is 1. The molecule has 4 rings (SSSR count). The number of hydrogen-bond donors (Lipinski definition) is 0. The molecule has 0 N–H and O–H groups in total. The molecular weight excluding hydrogens is 544 g/mol. The number of ether oxygens (including phenoxy) is 3. The van der Waals surface area contributed by atoms with Gasteiger partial charge in [0, 0.05) is 11.8 Å². The van der Waals surface area contributed by atoms with Crippen LogP contribution in [0, 0.1) is 9.39 Å². The van der Waals surface area contributed by atoms with Crippen LogP contribution >= 0.6 is 22.6 Å². The molecule has 0 heterocycles. The molecule has 0 saturated heterocycles. The van der Waals surface area contributed by atoms with E-state index in [1.807, 2.05) is 73.7 Å². The molecule has 0 bridgehead atoms. The van der Waals surface area contributed by atoms with Gasteiger partial charge in [0.15, 0.2) is 11.5 Å². The highest BCUT2D eigenvalue weighted by molar-refractivity contribution is 14.1. The molecule has 6 heteroatoms. The molecule has 0 aliphatic heterocycles. The van der Waals surface area contributed by atoms with Gasteiger partial charge >= 0.3 is 0 Å². The third kappa shape index (κ3) is 6.35. The van der Waals surface area contributed by atoms with Crippen molar-refractivity contribution in [1.82, 2.24) is 0 Å². The van der Waals surface area contributed by atoms with Gasteiger partial charge in [-0.3, -0.25) is 4.99 Å². The highest BCUT2D eigenvalue weighted by Gasteiger charge is 2.13. The Balaban J connectivity index is 1.47. The maximum absolute atomic E-state index is 14.0. The van der Waals surface area contributed by atoms with Crippen molar-refractivity contribution in [1.29, 1.82) is 0 Å². The van der Waals surface area contributed by atoms with Gasteiger partial charge in [0.05, 0.1) is 15.9 Å². The van der Waals surface area contributed by atoms with Crippen LogP contribution in [0.4, 0.5) is 10.1 Å². The van der Waals surface area contributed by atoms with Crippen molar-refractivity contribution in [3.8, 4) is 23.0 Å². The normalized spacial score (nSPS) is 10.9. The third-order valence-corrected chi connectivity index (χ3v) is 5.64. The van der Waals surface area contributed by atoms with Crippen LogP contribution in [-0.2, 0) is 6.61 Å². The lowest BCUT2D eigenvalue weighted by atomic mass is 10.2. The quantitative estimate of drug-likeness (QED) is 0.152. The van der Waals surface area contributed by atoms with Crippen molar-refractivity contribution in [2.45, 2.75) is 13.5 Å². The molecule has 0 saturated carbocycles. The van der Waals surface area contributed by atoms with Crippen LogP contribution in [-0.4, -0.2) is 12.8 Å². The summed E-state index contributed by atoms with van der Waals surface area (Å²) in [6.07, 6.45) is 1.78. The summed E-state index contributed by atoms with van der Waals surface area (Å²) in [6, 6.07) is 27.6. The van der Waals surface area contributed by atoms with E-state index < -0.39 is 0 Å². The van der Waals surface area contributed by atoms with Crippen molar-refractivity contribution in [2.75, 3.05) is 6.61 Å². The number of aliphatic imine (C=N–C) groups is 1. The largest absolute Gasteiger partial charge is 0.490 e. The molecule has 0 fully saturated rings. The van der Waals surface area contributed by atoms with Crippen molar-refractivity contribution in [3.05, 3.63) is 112 Å². The van der Waals surface area contributed by atoms with Gasteiger partial charge in [0.25, 0.3) is 0 Å². The predicted octanol–water partition coefficient (Wildman–Crippen LogP) is 7.95. The Hall–Kier alpha value is -3.39. The Kier molecular flexibility index (Phi) is 8.14. The molecule has 0 radical (unpaired) electrons. The van der Waals surface area contributed by atoms with E-state index in [4.69, 9.17) is 14.2 Å². The summed E-state index contributed by atoms with van der Waals surface area (Å²) in [6.45, 7) is 2.51. The van der Waals surface area contributed by atoms with Gasteiger partial charge in [-0.1, -0.05) is 36.4 Å². The van der Waals surface area contributed by atoms with Crippen LogP contribution in [0.25, 0.3) is 0 Å². The molecule has 4 aromatic carbocycles. The van der Waals surface area contributed by atoms with Crippen LogP contribution in [0.1, 0.15) is 18.1 Å². The summed E-state index contributed by atoms with van der Waals surface area (Å²) in [5.41, 5.74) is 2.16. The van der Waals surface area contributed by atoms with Crippen LogP contribution < -0.4 is 14.2 Å². The van der Waals surface area contributed by atoms with E-state index in [0.717, 1.165) is 26.3 Å². The lowest BCUT2D eigenvalue weighted by Crippen LogP contribution is -2.03. The second-order valence-electron chi connectivity index (χ2n) is 7.31. The van der Waals surface area contributed by atoms with E-state index in [2.05, 4.69) is 27.6 Å². The van der Waals surface area contributed by atoms with E-state index in [0.29, 0.717) is 23.7 Å². The van der Waals surface area contributed by atoms with Gasteiger partial charge in [-0.25, -0.2) is 4.39 Å². The first-order valence-corrected chi connectivity index (χ1v) is 11.9. The van der Waals surface area contributed by atoms with E-state index >= 15 is 0 Å². The predicted molar refractivity (Wildman–Crippen MR) is 141 cm³/mol. The summed E-state index contributed by atoms with van der Waals surface area (Å²) in [5, 5.41) is 0. The van der Waals surface area contributed by atoms with E-state index in [-0.39, 0.29) is 12.4 Å². The van der Waals surface area contributed by atoms with Gasteiger partial charge in [-0.2, -0.15) is 0 Å². The first kappa shape index (κ1) is 23.8. The average Bonchev–Trinajstić information content (AvgIpc) is 2.85. The van der Waals surface area contributed by atoms with Crippen LogP contribution in [0.3, 0.4) is 0 Å². The SMILES string of the molecule is CCOc1cc(C=Nc2ccc(Oc3ccccc3)cc2)cc(I)c1OCc1ccccc1F. The summed E-state index contributed by atoms with van der Waals surface area (Å²) < 4.78 is 32.4. The summed E-state index contributed by atoms with van der Waals surface area (Å²) in [4.78, 5) is 4.57. The van der Waals surface area contributed by atoms with Crippen LogP contribution in [0.5, 0.6) is 23.0 Å². The van der Waals surface area contributed by atoms with Crippen molar-refractivity contribution < 1.29 is 18.6 Å². The Morgan fingerprint density at radius 1 is 0.853 bits per heavy atom. The fourth-order valence-corrected chi connectivity index (χ4v) is 3.99. The first-order chi connectivity index (χ1) is 16.6. The highest BCUT2D eigenvalue weighted by Crippen LogP contribution is 2.35. The van der Waals surface area contributed by atoms with Crippen molar-refractivity contribution in [3.63, 3.8) is 0 Å². The van der Waals surface area contributed by atoms with Crippen molar-refractivity contribution in [2.24, 2.45) is 4.99 Å². The first-order valence-electron chi connectivity index (χ1n) is 10.8. The maximum atomic E-state index is 14.0. The monoisotopic (exact) mass is 567 g/mol. The van der Waals surface area contributed by atoms with Crippen LogP contribution in [0.2, 0.25) is 0 Å². The van der Waals surface area contributed by atoms with Gasteiger partial charge in [0.2, 0.25) is 0 Å². The number of halogens is 2. The fourth-order valence-electron chi connectivity index (χ4n) is 3.20. The molecule has 0 atom stereocenters. The number of hydrogen-bond acceptors (Lipinski definition) is 4. The zero-order chi connectivity index (χ0) is 23.8. The third-order valence-electron chi connectivity index (χ3n) is 4.84. The summed E-state index contributed by atoms with van der Waals surface area (Å²) >= 11 is 2.19. The van der Waals surface area contributed by atoms with E-state index in [9.17, 15) is 4.39 Å². The highest BCUT2D eigenvalue weighted by atomic mass is 127. The fraction of sp³-hybridized carbons (Fsp3) is 0.107. The lowest BCUT2D eigenvalue weighted by molar-refractivity contribution is 0.264. The number of benzene rings is 4.